The van der Waals surface area contributed by atoms with Gasteiger partial charge in [-0.2, -0.15) is 0 Å². The SMILES string of the molecule is COc1ccc(C=CC(=O)N2CCCC2c2ccncc2)c(OC)c1. The zero-order valence-electron chi connectivity index (χ0n) is 14.5. The van der Waals surface area contributed by atoms with Crippen LogP contribution in [0.3, 0.4) is 0 Å². The second kappa shape index (κ2) is 7.83. The molecule has 5 nitrogen and oxygen atoms in total. The lowest BCUT2D eigenvalue weighted by molar-refractivity contribution is -0.126. The molecule has 2 aromatic rings. The van der Waals surface area contributed by atoms with Crippen LogP contribution < -0.4 is 9.47 Å². The normalized spacial score (nSPS) is 17.0. The van der Waals surface area contributed by atoms with Gasteiger partial charge >= 0.3 is 0 Å². The van der Waals surface area contributed by atoms with E-state index in [4.69, 9.17) is 9.47 Å². The van der Waals surface area contributed by atoms with Crippen LogP contribution in [0.4, 0.5) is 0 Å². The van der Waals surface area contributed by atoms with Crippen molar-refractivity contribution in [2.24, 2.45) is 0 Å². The quantitative estimate of drug-likeness (QED) is 0.783. The van der Waals surface area contributed by atoms with Crippen LogP contribution in [0.1, 0.15) is 30.0 Å². The number of carbonyl (C=O) groups excluding carboxylic acids is 1. The summed E-state index contributed by atoms with van der Waals surface area (Å²) in [5, 5.41) is 0. The van der Waals surface area contributed by atoms with Crippen molar-refractivity contribution < 1.29 is 14.3 Å². The molecule has 1 atom stereocenters. The Morgan fingerprint density at radius 1 is 1.20 bits per heavy atom. The molecule has 1 saturated heterocycles. The molecule has 0 radical (unpaired) electrons. The number of aromatic nitrogens is 1. The van der Waals surface area contributed by atoms with Crippen molar-refractivity contribution in [3.05, 3.63) is 59.9 Å². The first kappa shape index (κ1) is 17.0. The van der Waals surface area contributed by atoms with Crippen molar-refractivity contribution in [1.29, 1.82) is 0 Å². The Morgan fingerprint density at radius 2 is 2.00 bits per heavy atom. The zero-order chi connectivity index (χ0) is 17.6. The number of ether oxygens (including phenoxy) is 2. The first-order valence-corrected chi connectivity index (χ1v) is 8.33. The number of benzene rings is 1. The van der Waals surface area contributed by atoms with Gasteiger partial charge in [-0.05, 0) is 48.7 Å². The molecule has 130 valence electrons. The molecule has 1 aromatic carbocycles. The molecule has 1 fully saturated rings. The Kier molecular flexibility index (Phi) is 5.33. The molecule has 1 aromatic heterocycles. The van der Waals surface area contributed by atoms with E-state index < -0.39 is 0 Å². The highest BCUT2D eigenvalue weighted by Gasteiger charge is 2.28. The Morgan fingerprint density at radius 3 is 2.72 bits per heavy atom. The predicted molar refractivity (Wildman–Crippen MR) is 96.5 cm³/mol. The molecule has 1 aliphatic heterocycles. The summed E-state index contributed by atoms with van der Waals surface area (Å²) in [4.78, 5) is 18.7. The number of hydrogen-bond acceptors (Lipinski definition) is 4. The molecule has 0 bridgehead atoms. The molecule has 0 saturated carbocycles. The molecule has 3 rings (SSSR count). The summed E-state index contributed by atoms with van der Waals surface area (Å²) in [6.45, 7) is 0.774. The number of likely N-dealkylation sites (tertiary alicyclic amines) is 1. The highest BCUT2D eigenvalue weighted by Crippen LogP contribution is 2.32. The van der Waals surface area contributed by atoms with E-state index in [0.29, 0.717) is 5.75 Å². The maximum atomic E-state index is 12.7. The molecular formula is C20H22N2O3. The maximum absolute atomic E-state index is 12.7. The lowest BCUT2D eigenvalue weighted by Gasteiger charge is -2.23. The van der Waals surface area contributed by atoms with E-state index >= 15 is 0 Å². The van der Waals surface area contributed by atoms with Gasteiger partial charge in [0.2, 0.25) is 5.91 Å². The average Bonchev–Trinajstić information content (AvgIpc) is 3.16. The van der Waals surface area contributed by atoms with E-state index in [-0.39, 0.29) is 11.9 Å². The van der Waals surface area contributed by atoms with Crippen LogP contribution in [0.15, 0.2) is 48.8 Å². The van der Waals surface area contributed by atoms with Gasteiger partial charge < -0.3 is 14.4 Å². The van der Waals surface area contributed by atoms with E-state index in [1.807, 2.05) is 29.2 Å². The minimum Gasteiger partial charge on any atom is -0.497 e. The third-order valence-electron chi connectivity index (χ3n) is 4.47. The van der Waals surface area contributed by atoms with Gasteiger partial charge in [0, 0.05) is 36.6 Å². The molecule has 2 heterocycles. The third kappa shape index (κ3) is 3.82. The summed E-state index contributed by atoms with van der Waals surface area (Å²) in [6.07, 6.45) is 8.95. The maximum Gasteiger partial charge on any atom is 0.247 e. The smallest absolute Gasteiger partial charge is 0.247 e. The van der Waals surface area contributed by atoms with Gasteiger partial charge in [0.25, 0.3) is 0 Å². The molecule has 1 amide bonds. The van der Waals surface area contributed by atoms with Crippen LogP contribution in [-0.4, -0.2) is 36.6 Å². The third-order valence-corrected chi connectivity index (χ3v) is 4.47. The van der Waals surface area contributed by atoms with Gasteiger partial charge in [-0.1, -0.05) is 0 Å². The van der Waals surface area contributed by atoms with Crippen LogP contribution in [-0.2, 0) is 4.79 Å². The van der Waals surface area contributed by atoms with Crippen LogP contribution in [0.2, 0.25) is 0 Å². The summed E-state index contributed by atoms with van der Waals surface area (Å²) < 4.78 is 10.6. The van der Waals surface area contributed by atoms with E-state index in [0.717, 1.165) is 36.3 Å². The molecule has 0 N–H and O–H groups in total. The van der Waals surface area contributed by atoms with Crippen molar-refractivity contribution in [3.63, 3.8) is 0 Å². The largest absolute Gasteiger partial charge is 0.497 e. The second-order valence-corrected chi connectivity index (χ2v) is 5.91. The summed E-state index contributed by atoms with van der Waals surface area (Å²) in [5.41, 5.74) is 1.98. The fourth-order valence-corrected chi connectivity index (χ4v) is 3.18. The standard InChI is InChI=1S/C20H22N2O3/c1-24-17-7-5-16(19(14-17)25-2)6-8-20(23)22-13-3-4-18(22)15-9-11-21-12-10-15/h5-12,14,18H,3-4,13H2,1-2H3. The highest BCUT2D eigenvalue weighted by molar-refractivity contribution is 5.92. The minimum absolute atomic E-state index is 0.0113. The second-order valence-electron chi connectivity index (χ2n) is 5.91. The van der Waals surface area contributed by atoms with E-state index in [1.165, 1.54) is 0 Å². The van der Waals surface area contributed by atoms with Crippen LogP contribution in [0, 0.1) is 0 Å². The van der Waals surface area contributed by atoms with Crippen LogP contribution >= 0.6 is 0 Å². The lowest BCUT2D eigenvalue weighted by atomic mass is 10.1. The molecular weight excluding hydrogens is 316 g/mol. The van der Waals surface area contributed by atoms with Gasteiger partial charge in [0.05, 0.1) is 20.3 Å². The Labute approximate surface area is 147 Å². The van der Waals surface area contributed by atoms with Crippen molar-refractivity contribution >= 4 is 12.0 Å². The van der Waals surface area contributed by atoms with Gasteiger partial charge in [-0.3, -0.25) is 9.78 Å². The van der Waals surface area contributed by atoms with E-state index in [9.17, 15) is 4.79 Å². The minimum atomic E-state index is 0.0113. The summed E-state index contributed by atoms with van der Waals surface area (Å²) >= 11 is 0. The topological polar surface area (TPSA) is 51.7 Å². The Bertz CT molecular complexity index is 759. The van der Waals surface area contributed by atoms with Crippen molar-refractivity contribution in [3.8, 4) is 11.5 Å². The summed E-state index contributed by atoms with van der Waals surface area (Å²) in [7, 11) is 3.22. The zero-order valence-corrected chi connectivity index (χ0v) is 14.5. The fraction of sp³-hybridized carbons (Fsp3) is 0.300. The van der Waals surface area contributed by atoms with E-state index in [1.54, 1.807) is 44.8 Å². The molecule has 25 heavy (non-hydrogen) atoms. The Hall–Kier alpha value is -2.82. The van der Waals surface area contributed by atoms with Crippen LogP contribution in [0.5, 0.6) is 11.5 Å². The van der Waals surface area contributed by atoms with Crippen LogP contribution in [0.25, 0.3) is 6.08 Å². The fourth-order valence-electron chi connectivity index (χ4n) is 3.18. The first-order valence-electron chi connectivity index (χ1n) is 8.33. The molecule has 5 heteroatoms. The molecule has 1 unspecified atom stereocenters. The highest BCUT2D eigenvalue weighted by atomic mass is 16.5. The monoisotopic (exact) mass is 338 g/mol. The van der Waals surface area contributed by atoms with Gasteiger partial charge in [0.15, 0.2) is 0 Å². The molecule has 0 spiro atoms. The summed E-state index contributed by atoms with van der Waals surface area (Å²) in [5.74, 6) is 1.41. The number of rotatable bonds is 5. The average molecular weight is 338 g/mol. The van der Waals surface area contributed by atoms with Gasteiger partial charge in [-0.15, -0.1) is 0 Å². The Balaban J connectivity index is 1.76. The number of hydrogen-bond donors (Lipinski definition) is 0. The van der Waals surface area contributed by atoms with Crippen molar-refractivity contribution in [1.82, 2.24) is 9.88 Å². The number of pyridine rings is 1. The number of carbonyl (C=O) groups is 1. The van der Waals surface area contributed by atoms with Crippen molar-refractivity contribution in [2.45, 2.75) is 18.9 Å². The lowest BCUT2D eigenvalue weighted by Crippen LogP contribution is -2.28. The molecule has 1 aliphatic rings. The first-order chi connectivity index (χ1) is 12.2. The van der Waals surface area contributed by atoms with E-state index in [2.05, 4.69) is 4.98 Å². The number of nitrogens with zero attached hydrogens (tertiary/aromatic N) is 2. The predicted octanol–water partition coefficient (Wildman–Crippen LogP) is 3.48. The summed E-state index contributed by atoms with van der Waals surface area (Å²) in [6, 6.07) is 9.62. The van der Waals surface area contributed by atoms with Gasteiger partial charge in [-0.25, -0.2) is 0 Å². The number of methoxy groups -OCH3 is 2. The van der Waals surface area contributed by atoms with Crippen molar-refractivity contribution in [2.75, 3.05) is 20.8 Å². The molecule has 0 aliphatic carbocycles. The number of amides is 1. The van der Waals surface area contributed by atoms with Gasteiger partial charge in [0.1, 0.15) is 11.5 Å².